The van der Waals surface area contributed by atoms with E-state index in [0.717, 1.165) is 4.47 Å². The summed E-state index contributed by atoms with van der Waals surface area (Å²) >= 11 is 3.46. The molecule has 0 aliphatic carbocycles. The van der Waals surface area contributed by atoms with Gasteiger partial charge in [0.25, 0.3) is 11.8 Å². The van der Waals surface area contributed by atoms with Crippen LogP contribution in [0.15, 0.2) is 46.9 Å². The fourth-order valence-electron chi connectivity index (χ4n) is 2.64. The Morgan fingerprint density at radius 2 is 1.79 bits per heavy atom. The fraction of sp³-hybridized carbons (Fsp3) is 0.364. The lowest BCUT2D eigenvalue weighted by atomic mass is 10.1. The third kappa shape index (κ3) is 5.83. The number of carbonyl (C=O) groups is 2. The summed E-state index contributed by atoms with van der Waals surface area (Å²) in [6.45, 7) is 9.94. The predicted octanol–water partition coefficient (Wildman–Crippen LogP) is 5.22. The molecule has 6 heteroatoms. The second-order valence-electron chi connectivity index (χ2n) is 6.86. The Labute approximate surface area is 175 Å². The van der Waals surface area contributed by atoms with E-state index < -0.39 is 0 Å². The van der Waals surface area contributed by atoms with E-state index in [-0.39, 0.29) is 11.8 Å². The summed E-state index contributed by atoms with van der Waals surface area (Å²) in [5, 5.41) is 2.85. The molecular formula is C22H27BrN2O3. The Hall–Kier alpha value is -2.34. The third-order valence-corrected chi connectivity index (χ3v) is 4.80. The highest BCUT2D eigenvalue weighted by Crippen LogP contribution is 2.27. The number of rotatable bonds is 8. The SMILES string of the molecule is CCN(CC)C(=O)c1cccc(NC(=O)c2ccc(OCC(C)C)c(Br)c2)c1. The van der Waals surface area contributed by atoms with Crippen LogP contribution in [-0.4, -0.2) is 36.4 Å². The second-order valence-corrected chi connectivity index (χ2v) is 7.72. The van der Waals surface area contributed by atoms with Crippen molar-refractivity contribution in [3.8, 4) is 5.75 Å². The van der Waals surface area contributed by atoms with Gasteiger partial charge in [-0.3, -0.25) is 9.59 Å². The number of amides is 2. The monoisotopic (exact) mass is 446 g/mol. The Bertz CT molecular complexity index is 832. The van der Waals surface area contributed by atoms with Gasteiger partial charge in [-0.25, -0.2) is 0 Å². The minimum Gasteiger partial charge on any atom is -0.492 e. The van der Waals surface area contributed by atoms with Crippen LogP contribution in [0.25, 0.3) is 0 Å². The zero-order chi connectivity index (χ0) is 20.7. The number of benzene rings is 2. The Kier molecular flexibility index (Phi) is 8.05. The summed E-state index contributed by atoms with van der Waals surface area (Å²) in [6.07, 6.45) is 0. The molecule has 0 bridgehead atoms. The quantitative estimate of drug-likeness (QED) is 0.604. The Morgan fingerprint density at radius 1 is 1.07 bits per heavy atom. The van der Waals surface area contributed by atoms with E-state index in [1.807, 2.05) is 13.8 Å². The molecule has 0 saturated carbocycles. The van der Waals surface area contributed by atoms with Crippen molar-refractivity contribution in [1.82, 2.24) is 4.90 Å². The van der Waals surface area contributed by atoms with Crippen LogP contribution >= 0.6 is 15.9 Å². The molecule has 2 aromatic carbocycles. The highest BCUT2D eigenvalue weighted by atomic mass is 79.9. The van der Waals surface area contributed by atoms with Gasteiger partial charge < -0.3 is 15.0 Å². The molecule has 0 saturated heterocycles. The number of nitrogens with one attached hydrogen (secondary N) is 1. The number of hydrogen-bond donors (Lipinski definition) is 1. The summed E-state index contributed by atoms with van der Waals surface area (Å²) in [5.41, 5.74) is 1.64. The first-order valence-corrected chi connectivity index (χ1v) is 10.3. The molecule has 0 atom stereocenters. The van der Waals surface area contributed by atoms with Crippen molar-refractivity contribution in [3.05, 3.63) is 58.1 Å². The number of ether oxygens (including phenoxy) is 1. The molecule has 2 aromatic rings. The molecule has 0 aliphatic rings. The van der Waals surface area contributed by atoms with Gasteiger partial charge in [0.2, 0.25) is 0 Å². The van der Waals surface area contributed by atoms with E-state index in [0.29, 0.717) is 48.2 Å². The van der Waals surface area contributed by atoms with Crippen molar-refractivity contribution in [3.63, 3.8) is 0 Å². The highest BCUT2D eigenvalue weighted by molar-refractivity contribution is 9.10. The summed E-state index contributed by atoms with van der Waals surface area (Å²) < 4.78 is 6.44. The van der Waals surface area contributed by atoms with Gasteiger partial charge in [-0.2, -0.15) is 0 Å². The standard InChI is InChI=1S/C22H27BrN2O3/c1-5-25(6-2)22(27)17-8-7-9-18(12-17)24-21(26)16-10-11-20(19(23)13-16)28-14-15(3)4/h7-13,15H,5-6,14H2,1-4H3,(H,24,26). The van der Waals surface area contributed by atoms with E-state index in [1.54, 1.807) is 47.4 Å². The number of nitrogens with zero attached hydrogens (tertiary/aromatic N) is 1. The maximum atomic E-state index is 12.6. The minimum atomic E-state index is -0.247. The molecule has 2 amide bonds. The molecule has 0 aliphatic heterocycles. The molecule has 0 unspecified atom stereocenters. The molecule has 150 valence electrons. The molecule has 28 heavy (non-hydrogen) atoms. The first-order chi connectivity index (χ1) is 13.3. The number of anilines is 1. The van der Waals surface area contributed by atoms with Crippen LogP contribution in [0, 0.1) is 5.92 Å². The first-order valence-electron chi connectivity index (χ1n) is 9.48. The number of halogens is 1. The Balaban J connectivity index is 2.11. The van der Waals surface area contributed by atoms with Gasteiger partial charge in [0.15, 0.2) is 0 Å². The van der Waals surface area contributed by atoms with Crippen LogP contribution in [0.3, 0.4) is 0 Å². The van der Waals surface area contributed by atoms with Crippen molar-refractivity contribution in [1.29, 1.82) is 0 Å². The van der Waals surface area contributed by atoms with Crippen molar-refractivity contribution in [2.45, 2.75) is 27.7 Å². The summed E-state index contributed by atoms with van der Waals surface area (Å²) in [5.74, 6) is 0.831. The molecule has 1 N–H and O–H groups in total. The molecule has 2 rings (SSSR count). The van der Waals surface area contributed by atoms with E-state index in [9.17, 15) is 9.59 Å². The summed E-state index contributed by atoms with van der Waals surface area (Å²) in [6, 6.07) is 12.2. The maximum Gasteiger partial charge on any atom is 0.255 e. The van der Waals surface area contributed by atoms with Crippen LogP contribution in [0.4, 0.5) is 5.69 Å². The van der Waals surface area contributed by atoms with Crippen LogP contribution < -0.4 is 10.1 Å². The van der Waals surface area contributed by atoms with Gasteiger partial charge in [-0.05, 0) is 72.1 Å². The van der Waals surface area contributed by atoms with Gasteiger partial charge in [0.1, 0.15) is 5.75 Å². The van der Waals surface area contributed by atoms with Crippen molar-refractivity contribution < 1.29 is 14.3 Å². The minimum absolute atomic E-state index is 0.0458. The van der Waals surface area contributed by atoms with Gasteiger partial charge in [-0.1, -0.05) is 19.9 Å². The molecule has 0 aromatic heterocycles. The lowest BCUT2D eigenvalue weighted by molar-refractivity contribution is 0.0772. The van der Waals surface area contributed by atoms with Crippen molar-refractivity contribution in [2.75, 3.05) is 25.0 Å². The van der Waals surface area contributed by atoms with Crippen molar-refractivity contribution >= 4 is 33.4 Å². The molecule has 0 heterocycles. The zero-order valence-electron chi connectivity index (χ0n) is 16.8. The third-order valence-electron chi connectivity index (χ3n) is 4.18. The topological polar surface area (TPSA) is 58.6 Å². The summed E-state index contributed by atoms with van der Waals surface area (Å²) in [4.78, 5) is 26.8. The van der Waals surface area contributed by atoms with Crippen LogP contribution in [0.2, 0.25) is 0 Å². The van der Waals surface area contributed by atoms with Crippen LogP contribution in [0.1, 0.15) is 48.4 Å². The fourth-order valence-corrected chi connectivity index (χ4v) is 3.14. The van der Waals surface area contributed by atoms with Crippen LogP contribution in [0.5, 0.6) is 5.75 Å². The molecule has 0 radical (unpaired) electrons. The highest BCUT2D eigenvalue weighted by Gasteiger charge is 2.14. The first kappa shape index (κ1) is 22.0. The predicted molar refractivity (Wildman–Crippen MR) is 116 cm³/mol. The molecular weight excluding hydrogens is 420 g/mol. The van der Waals surface area contributed by atoms with E-state index in [2.05, 4.69) is 35.1 Å². The second kappa shape index (κ2) is 10.3. The lowest BCUT2D eigenvalue weighted by Crippen LogP contribution is -2.30. The van der Waals surface area contributed by atoms with Gasteiger partial charge >= 0.3 is 0 Å². The average Bonchev–Trinajstić information content (AvgIpc) is 2.67. The summed E-state index contributed by atoms with van der Waals surface area (Å²) in [7, 11) is 0. The zero-order valence-corrected chi connectivity index (χ0v) is 18.4. The molecule has 5 nitrogen and oxygen atoms in total. The van der Waals surface area contributed by atoms with Crippen LogP contribution in [-0.2, 0) is 0 Å². The maximum absolute atomic E-state index is 12.6. The number of hydrogen-bond acceptors (Lipinski definition) is 3. The smallest absolute Gasteiger partial charge is 0.255 e. The van der Waals surface area contributed by atoms with E-state index >= 15 is 0 Å². The molecule has 0 spiro atoms. The largest absolute Gasteiger partial charge is 0.492 e. The lowest BCUT2D eigenvalue weighted by Gasteiger charge is -2.19. The van der Waals surface area contributed by atoms with Gasteiger partial charge in [0.05, 0.1) is 11.1 Å². The van der Waals surface area contributed by atoms with Gasteiger partial charge in [0, 0.05) is 29.9 Å². The normalized spacial score (nSPS) is 10.6. The van der Waals surface area contributed by atoms with E-state index in [4.69, 9.17) is 4.74 Å². The Morgan fingerprint density at radius 3 is 2.39 bits per heavy atom. The number of carbonyl (C=O) groups excluding carboxylic acids is 2. The van der Waals surface area contributed by atoms with Gasteiger partial charge in [-0.15, -0.1) is 0 Å². The molecule has 0 fully saturated rings. The van der Waals surface area contributed by atoms with E-state index in [1.165, 1.54) is 0 Å². The average molecular weight is 447 g/mol. The van der Waals surface area contributed by atoms with Crippen molar-refractivity contribution in [2.24, 2.45) is 5.92 Å².